The maximum Gasteiger partial charge on any atom is 0.267 e. The second kappa shape index (κ2) is 11.9. The fraction of sp³-hybridized carbons (Fsp3) is 0.406. The van der Waals surface area contributed by atoms with E-state index in [-0.39, 0.29) is 39.8 Å². The van der Waals surface area contributed by atoms with Crippen LogP contribution in [0.3, 0.4) is 0 Å². The average molecular weight is 734 g/mol. The Morgan fingerprint density at radius 2 is 1.67 bits per heavy atom. The number of aromatic nitrogens is 3. The SMILES string of the molecule is CN1CCN(c2nc(-c3cccc(NS(=O)(=O)c4c(F)cccc4F)c3F)c(-c3ccnc(NC4CC5(C4)CS(=O)(=O)C5)n3)s2)C(C)(C)C1. The normalized spacial score (nSPS) is 20.1. The minimum absolute atomic E-state index is 0.00909. The Bertz CT molecular complexity index is 2140. The maximum absolute atomic E-state index is 16.4. The predicted molar refractivity (Wildman–Crippen MR) is 182 cm³/mol. The number of piperazine rings is 1. The number of nitrogens with zero attached hydrogens (tertiary/aromatic N) is 5. The van der Waals surface area contributed by atoms with Crippen molar-refractivity contribution >= 4 is 48.0 Å². The quantitative estimate of drug-likeness (QED) is 0.255. The number of sulfonamides is 1. The number of nitrogens with one attached hydrogen (secondary N) is 2. The van der Waals surface area contributed by atoms with E-state index in [2.05, 4.69) is 33.9 Å². The van der Waals surface area contributed by atoms with E-state index in [9.17, 15) is 25.6 Å². The summed E-state index contributed by atoms with van der Waals surface area (Å²) in [5.74, 6) is -2.88. The van der Waals surface area contributed by atoms with Gasteiger partial charge in [0.05, 0.1) is 33.5 Å². The van der Waals surface area contributed by atoms with Crippen molar-refractivity contribution in [2.75, 3.05) is 53.1 Å². The Kier molecular flexibility index (Phi) is 8.19. The summed E-state index contributed by atoms with van der Waals surface area (Å²) in [6.45, 7) is 6.36. The van der Waals surface area contributed by atoms with Gasteiger partial charge in [0, 0.05) is 48.4 Å². The van der Waals surface area contributed by atoms with Crippen LogP contribution in [0.15, 0.2) is 53.6 Å². The summed E-state index contributed by atoms with van der Waals surface area (Å²) in [6, 6.07) is 8.37. The number of likely N-dealkylation sites (N-methyl/N-ethyl adjacent to an activating group) is 1. The highest BCUT2D eigenvalue weighted by atomic mass is 32.2. The molecule has 0 amide bonds. The molecule has 0 unspecified atom stereocenters. The van der Waals surface area contributed by atoms with Gasteiger partial charge in [-0.05, 0) is 64.1 Å². The van der Waals surface area contributed by atoms with E-state index in [0.717, 1.165) is 37.4 Å². The maximum atomic E-state index is 16.4. The molecule has 3 fully saturated rings. The summed E-state index contributed by atoms with van der Waals surface area (Å²) in [5, 5.41) is 3.91. The topological polar surface area (TPSA) is 137 Å². The molecule has 2 aromatic carbocycles. The van der Waals surface area contributed by atoms with Crippen LogP contribution < -0.4 is 14.9 Å². The monoisotopic (exact) mass is 733 g/mol. The lowest BCUT2D eigenvalue weighted by Gasteiger charge is -2.53. The third-order valence-electron chi connectivity index (χ3n) is 9.26. The number of halogens is 3. The highest BCUT2D eigenvalue weighted by Crippen LogP contribution is 2.51. The van der Waals surface area contributed by atoms with E-state index in [4.69, 9.17) is 9.97 Å². The fourth-order valence-electron chi connectivity index (χ4n) is 7.21. The molecule has 7 rings (SSSR count). The van der Waals surface area contributed by atoms with Crippen molar-refractivity contribution in [3.05, 3.63) is 66.1 Å². The van der Waals surface area contributed by atoms with Crippen LogP contribution in [0.5, 0.6) is 0 Å². The minimum Gasteiger partial charge on any atom is -0.351 e. The smallest absolute Gasteiger partial charge is 0.267 e. The van der Waals surface area contributed by atoms with Crippen molar-refractivity contribution in [2.24, 2.45) is 5.41 Å². The summed E-state index contributed by atoms with van der Waals surface area (Å²) in [5.41, 5.74) is -0.404. The standard InChI is InChI=1S/C32H34F3N7O4S3/c1-31(2)16-41(3)12-13-42(31)30-39-26(20-6-4-9-23(25(20)35)40-49(45,46)28-21(33)7-5-8-22(28)34)27(47-30)24-10-11-36-29(38-24)37-19-14-32(15-19)17-48(43,44)18-32/h4-11,19,40H,12-18H2,1-3H3,(H,36,37,38). The molecular weight excluding hydrogens is 700 g/mol. The van der Waals surface area contributed by atoms with Crippen molar-refractivity contribution in [1.82, 2.24) is 19.9 Å². The number of hydrogen-bond donors (Lipinski definition) is 2. The minimum atomic E-state index is -4.85. The second-order valence-electron chi connectivity index (χ2n) is 13.7. The van der Waals surface area contributed by atoms with Gasteiger partial charge in [0.2, 0.25) is 5.95 Å². The van der Waals surface area contributed by atoms with E-state index in [1.807, 2.05) is 11.8 Å². The van der Waals surface area contributed by atoms with Crippen LogP contribution in [0.4, 0.5) is 29.9 Å². The lowest BCUT2D eigenvalue weighted by atomic mass is 9.67. The first-order valence-electron chi connectivity index (χ1n) is 15.6. The highest BCUT2D eigenvalue weighted by Gasteiger charge is 2.56. The lowest BCUT2D eigenvalue weighted by Crippen LogP contribution is -2.60. The van der Waals surface area contributed by atoms with Crippen LogP contribution in [0.1, 0.15) is 26.7 Å². The van der Waals surface area contributed by atoms with Crippen LogP contribution in [0.2, 0.25) is 0 Å². The van der Waals surface area contributed by atoms with E-state index in [0.29, 0.717) is 41.0 Å². The zero-order valence-electron chi connectivity index (χ0n) is 26.9. The van der Waals surface area contributed by atoms with Crippen molar-refractivity contribution in [2.45, 2.75) is 43.2 Å². The summed E-state index contributed by atoms with van der Waals surface area (Å²) in [4.78, 5) is 17.7. The fourth-order valence-corrected chi connectivity index (χ4v) is 11.9. The lowest BCUT2D eigenvalue weighted by molar-refractivity contribution is 0.153. The van der Waals surface area contributed by atoms with E-state index in [1.54, 1.807) is 12.3 Å². The zero-order valence-corrected chi connectivity index (χ0v) is 29.3. The Labute approximate surface area is 286 Å². The molecule has 0 bridgehead atoms. The molecular formula is C32H34F3N7O4S3. The van der Waals surface area contributed by atoms with Gasteiger partial charge in [-0.25, -0.2) is 45.0 Å². The molecule has 2 saturated heterocycles. The van der Waals surface area contributed by atoms with E-state index < -0.39 is 47.9 Å². The van der Waals surface area contributed by atoms with Gasteiger partial charge in [0.15, 0.2) is 25.7 Å². The molecule has 260 valence electrons. The van der Waals surface area contributed by atoms with E-state index >= 15 is 4.39 Å². The van der Waals surface area contributed by atoms with Gasteiger partial charge in [0.25, 0.3) is 10.0 Å². The first-order chi connectivity index (χ1) is 23.0. The van der Waals surface area contributed by atoms with Gasteiger partial charge >= 0.3 is 0 Å². The largest absolute Gasteiger partial charge is 0.351 e. The number of benzene rings is 2. The molecule has 1 spiro atoms. The number of rotatable bonds is 8. The molecule has 4 aromatic rings. The van der Waals surface area contributed by atoms with Crippen LogP contribution in [0, 0.1) is 22.9 Å². The Morgan fingerprint density at radius 1 is 0.980 bits per heavy atom. The Hall–Kier alpha value is -3.80. The summed E-state index contributed by atoms with van der Waals surface area (Å²) >= 11 is 1.31. The van der Waals surface area contributed by atoms with Crippen LogP contribution in [0.25, 0.3) is 21.8 Å². The van der Waals surface area contributed by atoms with Gasteiger partial charge < -0.3 is 15.1 Å². The number of hydrogen-bond acceptors (Lipinski definition) is 11. The molecule has 11 nitrogen and oxygen atoms in total. The summed E-state index contributed by atoms with van der Waals surface area (Å²) in [7, 11) is -5.76. The molecule has 1 aliphatic carbocycles. The first-order valence-corrected chi connectivity index (χ1v) is 19.7. The highest BCUT2D eigenvalue weighted by molar-refractivity contribution is 7.93. The molecule has 0 radical (unpaired) electrons. The average Bonchev–Trinajstić information content (AvgIpc) is 3.40. The first kappa shape index (κ1) is 33.7. The van der Waals surface area contributed by atoms with Gasteiger partial charge in [-0.15, -0.1) is 0 Å². The molecule has 2 aliphatic heterocycles. The summed E-state index contributed by atoms with van der Waals surface area (Å²) in [6.07, 6.45) is 2.96. The molecule has 4 heterocycles. The molecule has 17 heteroatoms. The van der Waals surface area contributed by atoms with Gasteiger partial charge in [-0.2, -0.15) is 0 Å². The van der Waals surface area contributed by atoms with Crippen molar-refractivity contribution in [3.63, 3.8) is 0 Å². The second-order valence-corrected chi connectivity index (χ2v) is 18.4. The van der Waals surface area contributed by atoms with Crippen LogP contribution in [-0.2, 0) is 19.9 Å². The third-order valence-corrected chi connectivity index (χ3v) is 13.9. The Morgan fingerprint density at radius 3 is 2.35 bits per heavy atom. The molecule has 2 aromatic heterocycles. The van der Waals surface area contributed by atoms with E-state index in [1.165, 1.54) is 23.5 Å². The van der Waals surface area contributed by atoms with Crippen molar-refractivity contribution < 1.29 is 30.0 Å². The number of sulfone groups is 1. The number of anilines is 3. The predicted octanol–water partition coefficient (Wildman–Crippen LogP) is 5.00. The van der Waals surface area contributed by atoms with Crippen molar-refractivity contribution in [1.29, 1.82) is 0 Å². The van der Waals surface area contributed by atoms with Gasteiger partial charge in [0.1, 0.15) is 11.6 Å². The summed E-state index contributed by atoms with van der Waals surface area (Å²) < 4.78 is 96.8. The Balaban J connectivity index is 1.25. The molecule has 1 saturated carbocycles. The number of thiazole rings is 1. The zero-order chi connectivity index (χ0) is 34.9. The third kappa shape index (κ3) is 6.37. The van der Waals surface area contributed by atoms with Gasteiger partial charge in [-0.3, -0.25) is 4.72 Å². The molecule has 49 heavy (non-hydrogen) atoms. The molecule has 2 N–H and O–H groups in total. The molecule has 0 atom stereocenters. The van der Waals surface area contributed by atoms with Crippen molar-refractivity contribution in [3.8, 4) is 21.8 Å². The van der Waals surface area contributed by atoms with Crippen LogP contribution in [-0.4, -0.2) is 86.5 Å². The molecule has 3 aliphatic rings. The van der Waals surface area contributed by atoms with Crippen LogP contribution >= 0.6 is 11.3 Å². The van der Waals surface area contributed by atoms with Gasteiger partial charge in [-0.1, -0.05) is 23.5 Å².